The Kier molecular flexibility index (Phi) is 4.35. The molecule has 0 spiro atoms. The Morgan fingerprint density at radius 1 is 0.474 bits per heavy atom. The molecular formula is C17H18ClN. The van der Waals surface area contributed by atoms with Gasteiger partial charge in [-0.05, 0) is 32.3 Å². The molecule has 19 heavy (non-hydrogen) atoms. The van der Waals surface area contributed by atoms with Crippen molar-refractivity contribution in [2.45, 2.75) is 7.43 Å². The average molecular weight is 272 g/mol. The molecule has 0 atom stereocenters. The molecule has 4 rings (SSSR count). The molecule has 3 N–H and O–H groups in total. The van der Waals surface area contributed by atoms with E-state index in [2.05, 4.69) is 60.7 Å². The third kappa shape index (κ3) is 2.01. The average Bonchev–Trinajstić information content (AvgIpc) is 2.36. The van der Waals surface area contributed by atoms with Gasteiger partial charge in [-0.1, -0.05) is 68.1 Å². The second-order valence-electron chi connectivity index (χ2n) is 4.29. The van der Waals surface area contributed by atoms with Crippen LogP contribution in [0.1, 0.15) is 7.43 Å². The van der Waals surface area contributed by atoms with E-state index >= 15 is 0 Å². The van der Waals surface area contributed by atoms with Gasteiger partial charge < -0.3 is 6.15 Å². The first-order chi connectivity index (χ1) is 7.93. The zero-order chi connectivity index (χ0) is 10.5. The van der Waals surface area contributed by atoms with E-state index in [0.29, 0.717) is 0 Å². The molecule has 0 saturated heterocycles. The van der Waals surface area contributed by atoms with E-state index in [0.717, 1.165) is 0 Å². The van der Waals surface area contributed by atoms with Gasteiger partial charge in [-0.3, -0.25) is 0 Å². The van der Waals surface area contributed by atoms with Crippen molar-refractivity contribution in [2.24, 2.45) is 0 Å². The zero-order valence-electron chi connectivity index (χ0n) is 9.89. The summed E-state index contributed by atoms with van der Waals surface area (Å²) < 4.78 is 0. The van der Waals surface area contributed by atoms with Gasteiger partial charge in [-0.2, -0.15) is 0 Å². The van der Waals surface area contributed by atoms with Crippen LogP contribution in [0.4, 0.5) is 0 Å². The van der Waals surface area contributed by atoms with Crippen molar-refractivity contribution in [2.75, 3.05) is 0 Å². The number of hydrogen-bond acceptors (Lipinski definition) is 1. The predicted octanol–water partition coefficient (Wildman–Crippen LogP) is 5.80. The molecular weight excluding hydrogens is 254 g/mol. The summed E-state index contributed by atoms with van der Waals surface area (Å²) in [4.78, 5) is 0. The van der Waals surface area contributed by atoms with Crippen LogP contribution in [0, 0.1) is 0 Å². The van der Waals surface area contributed by atoms with Crippen molar-refractivity contribution < 1.29 is 0 Å². The molecule has 0 amide bonds. The van der Waals surface area contributed by atoms with Crippen LogP contribution in [-0.4, -0.2) is 0 Å². The van der Waals surface area contributed by atoms with Crippen LogP contribution in [0.15, 0.2) is 60.7 Å². The monoisotopic (exact) mass is 271 g/mol. The first kappa shape index (κ1) is 15.2. The highest BCUT2D eigenvalue weighted by molar-refractivity contribution is 6.22. The Labute approximate surface area is 119 Å². The lowest BCUT2D eigenvalue weighted by Crippen LogP contribution is -1.82. The summed E-state index contributed by atoms with van der Waals surface area (Å²) in [5.74, 6) is 0. The van der Waals surface area contributed by atoms with Crippen LogP contribution in [-0.2, 0) is 0 Å². The van der Waals surface area contributed by atoms with E-state index in [9.17, 15) is 0 Å². The molecule has 0 radical (unpaired) electrons. The van der Waals surface area contributed by atoms with Gasteiger partial charge in [-0.15, -0.1) is 12.4 Å². The number of hydrogen-bond donors (Lipinski definition) is 1. The quantitative estimate of drug-likeness (QED) is 0.403. The summed E-state index contributed by atoms with van der Waals surface area (Å²) in [6.45, 7) is 0. The number of rotatable bonds is 0. The minimum Gasteiger partial charge on any atom is -0.344 e. The molecule has 4 aromatic carbocycles. The van der Waals surface area contributed by atoms with Gasteiger partial charge in [0.15, 0.2) is 0 Å². The minimum atomic E-state index is 0. The standard InChI is InChI=1S/C16H10.CH4.ClH.H3N/c1-3-11-7-9-13-5-2-6-14-10-8-12(4-1)15(11)16(13)14;;;/h1-10H;1H4;1H;1H3. The third-order valence-corrected chi connectivity index (χ3v) is 3.39. The van der Waals surface area contributed by atoms with Crippen molar-refractivity contribution in [1.29, 1.82) is 0 Å². The molecule has 0 saturated carbocycles. The molecule has 4 aromatic rings. The second kappa shape index (κ2) is 5.43. The van der Waals surface area contributed by atoms with Gasteiger partial charge in [0.1, 0.15) is 0 Å². The summed E-state index contributed by atoms with van der Waals surface area (Å²) in [6, 6.07) is 21.9. The van der Waals surface area contributed by atoms with Crippen LogP contribution < -0.4 is 6.15 Å². The van der Waals surface area contributed by atoms with Crippen LogP contribution in [0.25, 0.3) is 32.3 Å². The van der Waals surface area contributed by atoms with Gasteiger partial charge in [0.25, 0.3) is 0 Å². The molecule has 0 unspecified atom stereocenters. The molecule has 2 heteroatoms. The Morgan fingerprint density at radius 3 is 1.00 bits per heavy atom. The fourth-order valence-electron chi connectivity index (χ4n) is 2.67. The normalized spacial score (nSPS) is 9.89. The lowest BCUT2D eigenvalue weighted by Gasteiger charge is -2.09. The summed E-state index contributed by atoms with van der Waals surface area (Å²) >= 11 is 0. The Bertz CT molecular complexity index is 678. The van der Waals surface area contributed by atoms with E-state index in [1.54, 1.807) is 0 Å². The van der Waals surface area contributed by atoms with E-state index in [-0.39, 0.29) is 26.0 Å². The summed E-state index contributed by atoms with van der Waals surface area (Å²) in [5.41, 5.74) is 0. The Balaban J connectivity index is 0.000000602. The molecule has 0 aliphatic carbocycles. The lowest BCUT2D eigenvalue weighted by molar-refractivity contribution is 1.78. The van der Waals surface area contributed by atoms with Crippen LogP contribution >= 0.6 is 12.4 Å². The summed E-state index contributed by atoms with van der Waals surface area (Å²) in [6.07, 6.45) is 0. The van der Waals surface area contributed by atoms with Gasteiger partial charge in [-0.25, -0.2) is 0 Å². The molecule has 0 fully saturated rings. The number of benzene rings is 4. The second-order valence-corrected chi connectivity index (χ2v) is 4.29. The maximum atomic E-state index is 2.21. The first-order valence-corrected chi connectivity index (χ1v) is 5.56. The van der Waals surface area contributed by atoms with Gasteiger partial charge >= 0.3 is 0 Å². The molecule has 0 bridgehead atoms. The maximum Gasteiger partial charge on any atom is -0.00268 e. The van der Waals surface area contributed by atoms with Crippen molar-refractivity contribution in [3.63, 3.8) is 0 Å². The third-order valence-electron chi connectivity index (χ3n) is 3.39. The smallest absolute Gasteiger partial charge is 0.00268 e. The largest absolute Gasteiger partial charge is 0.344 e. The summed E-state index contributed by atoms with van der Waals surface area (Å²) in [5, 5.41) is 8.14. The summed E-state index contributed by atoms with van der Waals surface area (Å²) in [7, 11) is 0. The SMILES string of the molecule is C.Cl.N.c1cc2ccc3cccc4ccc(c1)c2c34. The lowest BCUT2D eigenvalue weighted by atomic mass is 9.95. The van der Waals surface area contributed by atoms with Crippen molar-refractivity contribution in [3.05, 3.63) is 60.7 Å². The van der Waals surface area contributed by atoms with Crippen molar-refractivity contribution in [3.8, 4) is 0 Å². The first-order valence-electron chi connectivity index (χ1n) is 5.56. The van der Waals surface area contributed by atoms with E-state index < -0.39 is 0 Å². The van der Waals surface area contributed by atoms with Crippen molar-refractivity contribution in [1.82, 2.24) is 6.15 Å². The molecule has 0 aliphatic rings. The molecule has 0 aromatic heterocycles. The van der Waals surface area contributed by atoms with Crippen LogP contribution in [0.5, 0.6) is 0 Å². The van der Waals surface area contributed by atoms with Crippen molar-refractivity contribution >= 4 is 44.7 Å². The van der Waals surface area contributed by atoms with Crippen LogP contribution in [0.3, 0.4) is 0 Å². The van der Waals surface area contributed by atoms with Gasteiger partial charge in [0, 0.05) is 0 Å². The highest BCUT2D eigenvalue weighted by Gasteiger charge is 2.05. The predicted molar refractivity (Wildman–Crippen MR) is 89.1 cm³/mol. The maximum absolute atomic E-state index is 2.21. The fourth-order valence-corrected chi connectivity index (χ4v) is 2.67. The van der Waals surface area contributed by atoms with Gasteiger partial charge in [0.2, 0.25) is 0 Å². The Morgan fingerprint density at radius 2 is 0.737 bits per heavy atom. The fraction of sp³-hybridized carbons (Fsp3) is 0.0588. The van der Waals surface area contributed by atoms with Gasteiger partial charge in [0.05, 0.1) is 0 Å². The van der Waals surface area contributed by atoms with Crippen LogP contribution in [0.2, 0.25) is 0 Å². The molecule has 98 valence electrons. The van der Waals surface area contributed by atoms with E-state index in [4.69, 9.17) is 0 Å². The highest BCUT2D eigenvalue weighted by Crippen LogP contribution is 2.33. The van der Waals surface area contributed by atoms with E-state index in [1.165, 1.54) is 32.3 Å². The Hall–Kier alpha value is -1.83. The zero-order valence-corrected chi connectivity index (χ0v) is 10.7. The molecule has 0 heterocycles. The highest BCUT2D eigenvalue weighted by atomic mass is 35.5. The number of halogens is 1. The molecule has 1 nitrogen and oxygen atoms in total. The topological polar surface area (TPSA) is 35.0 Å². The minimum absolute atomic E-state index is 0. The molecule has 0 aliphatic heterocycles. The van der Waals surface area contributed by atoms with E-state index in [1.807, 2.05) is 0 Å².